The molecule has 1 N–H and O–H groups in total. The van der Waals surface area contributed by atoms with Gasteiger partial charge in [0, 0.05) is 19.4 Å². The van der Waals surface area contributed by atoms with Crippen molar-refractivity contribution in [2.75, 3.05) is 13.1 Å². The van der Waals surface area contributed by atoms with Gasteiger partial charge in [-0.1, -0.05) is 50.1 Å². The van der Waals surface area contributed by atoms with Crippen molar-refractivity contribution in [3.05, 3.63) is 35.9 Å². The molecule has 1 rings (SSSR count). The van der Waals surface area contributed by atoms with Gasteiger partial charge in [-0.05, 0) is 31.4 Å². The normalized spacial score (nSPS) is 10.6. The number of unbranched alkanes of at least 4 members (excludes halogenated alkanes) is 2. The highest BCUT2D eigenvalue weighted by molar-refractivity contribution is 5.78. The number of benzene rings is 1. The summed E-state index contributed by atoms with van der Waals surface area (Å²) in [5.41, 5.74) is 1.39. The molecule has 2 heteroatoms. The molecule has 0 saturated carbocycles. The Morgan fingerprint density at radius 2 is 1.79 bits per heavy atom. The maximum Gasteiger partial charge on any atom is 0.134 e. The third-order valence-electron chi connectivity index (χ3n) is 3.30. The number of carbonyl (C=O) groups excluding carboxylic acids is 1. The Morgan fingerprint density at radius 1 is 1.00 bits per heavy atom. The molecule has 0 radical (unpaired) electrons. The van der Waals surface area contributed by atoms with Crippen LogP contribution in [-0.2, 0) is 11.2 Å². The quantitative estimate of drug-likeness (QED) is 0.615. The minimum Gasteiger partial charge on any atom is -0.316 e. The van der Waals surface area contributed by atoms with Crippen molar-refractivity contribution >= 4 is 5.78 Å². The predicted molar refractivity (Wildman–Crippen MR) is 81.4 cm³/mol. The van der Waals surface area contributed by atoms with Gasteiger partial charge in [-0.15, -0.1) is 0 Å². The Morgan fingerprint density at radius 3 is 2.53 bits per heavy atom. The summed E-state index contributed by atoms with van der Waals surface area (Å²) in [7, 11) is 0. The van der Waals surface area contributed by atoms with E-state index >= 15 is 0 Å². The lowest BCUT2D eigenvalue weighted by atomic mass is 10.1. The van der Waals surface area contributed by atoms with Crippen LogP contribution in [0.3, 0.4) is 0 Å². The summed E-state index contributed by atoms with van der Waals surface area (Å²) in [6.45, 7) is 4.00. The molecule has 0 atom stereocenters. The Hall–Kier alpha value is -1.15. The van der Waals surface area contributed by atoms with Crippen LogP contribution in [0, 0.1) is 0 Å². The molecule has 106 valence electrons. The summed E-state index contributed by atoms with van der Waals surface area (Å²) < 4.78 is 0. The van der Waals surface area contributed by atoms with Gasteiger partial charge in [0.2, 0.25) is 0 Å². The average Bonchev–Trinajstić information content (AvgIpc) is 2.44. The number of aryl methyl sites for hydroxylation is 1. The smallest absolute Gasteiger partial charge is 0.134 e. The van der Waals surface area contributed by atoms with Crippen molar-refractivity contribution in [2.45, 2.75) is 51.9 Å². The highest BCUT2D eigenvalue weighted by atomic mass is 16.1. The van der Waals surface area contributed by atoms with E-state index in [0.29, 0.717) is 12.2 Å². The molecule has 0 aliphatic rings. The van der Waals surface area contributed by atoms with Gasteiger partial charge in [-0.2, -0.15) is 0 Å². The van der Waals surface area contributed by atoms with Crippen LogP contribution in [-0.4, -0.2) is 18.9 Å². The molecule has 0 heterocycles. The fourth-order valence-electron chi connectivity index (χ4n) is 2.11. The van der Waals surface area contributed by atoms with Gasteiger partial charge >= 0.3 is 0 Å². The number of rotatable bonds is 11. The van der Waals surface area contributed by atoms with Crippen LogP contribution in [0.2, 0.25) is 0 Å². The summed E-state index contributed by atoms with van der Waals surface area (Å²) in [4.78, 5) is 11.5. The van der Waals surface area contributed by atoms with E-state index in [1.54, 1.807) is 0 Å². The second-order valence-corrected chi connectivity index (χ2v) is 5.08. The summed E-state index contributed by atoms with van der Waals surface area (Å²) in [6.07, 6.45) is 7.12. The third-order valence-corrected chi connectivity index (χ3v) is 3.30. The Bertz CT molecular complexity index is 334. The third kappa shape index (κ3) is 8.55. The second kappa shape index (κ2) is 10.7. The first-order valence-corrected chi connectivity index (χ1v) is 7.59. The fourth-order valence-corrected chi connectivity index (χ4v) is 2.11. The lowest BCUT2D eigenvalue weighted by Crippen LogP contribution is -2.19. The summed E-state index contributed by atoms with van der Waals surface area (Å²) >= 11 is 0. The molecule has 0 aliphatic heterocycles. The van der Waals surface area contributed by atoms with Crippen LogP contribution < -0.4 is 5.32 Å². The SMILES string of the molecule is CCCCCC(=O)CCNCCCc1ccccc1. The Balaban J connectivity index is 1.92. The van der Waals surface area contributed by atoms with Crippen LogP contribution >= 0.6 is 0 Å². The minimum atomic E-state index is 0.406. The molecule has 0 amide bonds. The van der Waals surface area contributed by atoms with Gasteiger partial charge in [0.05, 0.1) is 0 Å². The molecular formula is C17H27NO. The average molecular weight is 261 g/mol. The molecule has 0 unspecified atom stereocenters. The maximum absolute atomic E-state index is 11.5. The van der Waals surface area contributed by atoms with Crippen molar-refractivity contribution in [3.8, 4) is 0 Å². The zero-order valence-electron chi connectivity index (χ0n) is 12.2. The lowest BCUT2D eigenvalue weighted by molar-refractivity contribution is -0.119. The molecule has 19 heavy (non-hydrogen) atoms. The van der Waals surface area contributed by atoms with Crippen molar-refractivity contribution in [2.24, 2.45) is 0 Å². The van der Waals surface area contributed by atoms with Crippen LogP contribution in [0.1, 0.15) is 51.0 Å². The standard InChI is InChI=1S/C17H27NO/c1-2-3-5-12-17(19)13-15-18-14-8-11-16-9-6-4-7-10-16/h4,6-7,9-10,18H,2-3,5,8,11-15H2,1H3. The van der Waals surface area contributed by atoms with Crippen LogP contribution in [0.5, 0.6) is 0 Å². The van der Waals surface area contributed by atoms with Gasteiger partial charge in [-0.3, -0.25) is 4.79 Å². The lowest BCUT2D eigenvalue weighted by Gasteiger charge is -2.04. The van der Waals surface area contributed by atoms with E-state index in [9.17, 15) is 4.79 Å². The number of nitrogens with one attached hydrogen (secondary N) is 1. The van der Waals surface area contributed by atoms with E-state index in [1.807, 2.05) is 6.07 Å². The number of Topliss-reactive ketones (excluding diaryl/α,β-unsaturated/α-hetero) is 1. The number of hydrogen-bond acceptors (Lipinski definition) is 2. The zero-order valence-corrected chi connectivity index (χ0v) is 12.2. The monoisotopic (exact) mass is 261 g/mol. The molecule has 0 bridgehead atoms. The Labute approximate surface area is 117 Å². The summed E-state index contributed by atoms with van der Waals surface area (Å²) in [5, 5.41) is 3.36. The number of ketones is 1. The fraction of sp³-hybridized carbons (Fsp3) is 0.588. The molecule has 0 aliphatic carbocycles. The molecule has 0 fully saturated rings. The molecule has 2 nitrogen and oxygen atoms in total. The first-order chi connectivity index (χ1) is 9.33. The van der Waals surface area contributed by atoms with Crippen LogP contribution in [0.25, 0.3) is 0 Å². The second-order valence-electron chi connectivity index (χ2n) is 5.08. The molecule has 0 aromatic heterocycles. The van der Waals surface area contributed by atoms with Gasteiger partial charge in [0.25, 0.3) is 0 Å². The van der Waals surface area contributed by atoms with E-state index in [1.165, 1.54) is 18.4 Å². The van der Waals surface area contributed by atoms with Gasteiger partial charge in [0.1, 0.15) is 5.78 Å². The van der Waals surface area contributed by atoms with Crippen molar-refractivity contribution in [3.63, 3.8) is 0 Å². The highest BCUT2D eigenvalue weighted by Gasteiger charge is 2.00. The molecule has 0 saturated heterocycles. The van der Waals surface area contributed by atoms with Crippen molar-refractivity contribution in [1.82, 2.24) is 5.32 Å². The number of hydrogen-bond donors (Lipinski definition) is 1. The molecule has 1 aromatic rings. The van der Waals surface area contributed by atoms with E-state index in [-0.39, 0.29) is 0 Å². The molecule has 1 aromatic carbocycles. The summed E-state index contributed by atoms with van der Waals surface area (Å²) in [5.74, 6) is 0.406. The number of carbonyl (C=O) groups is 1. The summed E-state index contributed by atoms with van der Waals surface area (Å²) in [6, 6.07) is 10.5. The molecule has 0 spiro atoms. The molecular weight excluding hydrogens is 234 g/mol. The maximum atomic E-state index is 11.5. The van der Waals surface area contributed by atoms with E-state index in [2.05, 4.69) is 36.5 Å². The Kier molecular flexibility index (Phi) is 8.99. The highest BCUT2D eigenvalue weighted by Crippen LogP contribution is 2.02. The van der Waals surface area contributed by atoms with Gasteiger partial charge < -0.3 is 5.32 Å². The van der Waals surface area contributed by atoms with Crippen molar-refractivity contribution in [1.29, 1.82) is 0 Å². The van der Waals surface area contributed by atoms with Crippen LogP contribution in [0.4, 0.5) is 0 Å². The van der Waals surface area contributed by atoms with Gasteiger partial charge in [-0.25, -0.2) is 0 Å². The van der Waals surface area contributed by atoms with Crippen LogP contribution in [0.15, 0.2) is 30.3 Å². The van der Waals surface area contributed by atoms with E-state index in [4.69, 9.17) is 0 Å². The predicted octanol–water partition coefficient (Wildman–Crippen LogP) is 3.75. The first kappa shape index (κ1) is 15.9. The van der Waals surface area contributed by atoms with E-state index in [0.717, 1.165) is 38.8 Å². The van der Waals surface area contributed by atoms with Gasteiger partial charge in [0.15, 0.2) is 0 Å². The van der Waals surface area contributed by atoms with E-state index < -0.39 is 0 Å². The largest absolute Gasteiger partial charge is 0.316 e. The minimum absolute atomic E-state index is 0.406. The first-order valence-electron chi connectivity index (χ1n) is 7.59. The zero-order chi connectivity index (χ0) is 13.8. The topological polar surface area (TPSA) is 29.1 Å². The van der Waals surface area contributed by atoms with Crippen molar-refractivity contribution < 1.29 is 4.79 Å².